The van der Waals surface area contributed by atoms with Gasteiger partial charge in [0.2, 0.25) is 0 Å². The first-order chi connectivity index (χ1) is 14.1. The minimum atomic E-state index is -1.13. The number of aromatic carboxylic acids is 1. The van der Waals surface area contributed by atoms with Crippen molar-refractivity contribution >= 4 is 17.6 Å². The molecule has 142 valence electrons. The highest BCUT2D eigenvalue weighted by molar-refractivity contribution is 6.08. The molecular weight excluding hydrogens is 368 g/mol. The Bertz CT molecular complexity index is 1170. The average molecular weight is 384 g/mol. The van der Waals surface area contributed by atoms with Crippen LogP contribution in [-0.2, 0) is 0 Å². The van der Waals surface area contributed by atoms with Crippen molar-refractivity contribution in [2.75, 3.05) is 5.32 Å². The summed E-state index contributed by atoms with van der Waals surface area (Å²) in [6.07, 6.45) is 6.20. The summed E-state index contributed by atoms with van der Waals surface area (Å²) in [4.78, 5) is 28.6. The van der Waals surface area contributed by atoms with Crippen LogP contribution >= 0.6 is 0 Å². The van der Waals surface area contributed by atoms with Crippen LogP contribution in [0.4, 0.5) is 5.69 Å². The molecule has 0 aliphatic carbocycles. The van der Waals surface area contributed by atoms with E-state index < -0.39 is 11.9 Å². The summed E-state index contributed by atoms with van der Waals surface area (Å²) in [7, 11) is 0. The van der Waals surface area contributed by atoms with Gasteiger partial charge in [0.05, 0.1) is 29.3 Å². The highest BCUT2D eigenvalue weighted by Crippen LogP contribution is 2.27. The van der Waals surface area contributed by atoms with E-state index in [1.807, 2.05) is 30.3 Å². The van der Waals surface area contributed by atoms with Crippen LogP contribution in [0.2, 0.25) is 0 Å². The van der Waals surface area contributed by atoms with Crippen LogP contribution in [0.25, 0.3) is 22.3 Å². The number of nitrogens with one attached hydrogen (secondary N) is 1. The molecule has 2 heterocycles. The van der Waals surface area contributed by atoms with Gasteiger partial charge in [-0.2, -0.15) is 0 Å². The SMILES string of the molecule is O=C(Nc1cc(-c2ccoc2)ccc1C(=O)O)c1cncc(-c2ccccc2)c1. The summed E-state index contributed by atoms with van der Waals surface area (Å²) < 4.78 is 5.08. The molecule has 0 aliphatic heterocycles. The molecule has 0 aliphatic rings. The molecule has 0 saturated carbocycles. The zero-order valence-electron chi connectivity index (χ0n) is 15.2. The van der Waals surface area contributed by atoms with Crippen molar-refractivity contribution < 1.29 is 19.1 Å². The van der Waals surface area contributed by atoms with Gasteiger partial charge in [0.25, 0.3) is 5.91 Å². The fraction of sp³-hybridized carbons (Fsp3) is 0. The van der Waals surface area contributed by atoms with Crippen LogP contribution in [0, 0.1) is 0 Å². The second kappa shape index (κ2) is 7.82. The van der Waals surface area contributed by atoms with Gasteiger partial charge in [-0.3, -0.25) is 9.78 Å². The zero-order valence-corrected chi connectivity index (χ0v) is 15.2. The van der Waals surface area contributed by atoms with E-state index >= 15 is 0 Å². The van der Waals surface area contributed by atoms with Gasteiger partial charge < -0.3 is 14.8 Å². The molecule has 0 radical (unpaired) electrons. The van der Waals surface area contributed by atoms with Gasteiger partial charge >= 0.3 is 5.97 Å². The van der Waals surface area contributed by atoms with Crippen LogP contribution in [0.5, 0.6) is 0 Å². The molecule has 29 heavy (non-hydrogen) atoms. The number of carboxylic acids is 1. The fourth-order valence-corrected chi connectivity index (χ4v) is 2.99. The largest absolute Gasteiger partial charge is 0.478 e. The number of hydrogen-bond donors (Lipinski definition) is 2. The maximum atomic E-state index is 12.8. The van der Waals surface area contributed by atoms with E-state index in [0.717, 1.165) is 22.3 Å². The van der Waals surface area contributed by atoms with E-state index in [9.17, 15) is 14.7 Å². The summed E-state index contributed by atoms with van der Waals surface area (Å²) >= 11 is 0. The number of benzene rings is 2. The van der Waals surface area contributed by atoms with Gasteiger partial charge in [-0.1, -0.05) is 36.4 Å². The average Bonchev–Trinajstić information content (AvgIpc) is 3.29. The molecule has 6 heteroatoms. The molecule has 0 fully saturated rings. The summed E-state index contributed by atoms with van der Waals surface area (Å²) in [5.74, 6) is -1.57. The Hall–Kier alpha value is -4.19. The number of amides is 1. The topological polar surface area (TPSA) is 92.4 Å². The number of rotatable bonds is 5. The van der Waals surface area contributed by atoms with Crippen molar-refractivity contribution in [3.63, 3.8) is 0 Å². The quantitative estimate of drug-likeness (QED) is 0.507. The monoisotopic (exact) mass is 384 g/mol. The lowest BCUT2D eigenvalue weighted by Crippen LogP contribution is -2.15. The van der Waals surface area contributed by atoms with Gasteiger partial charge in [-0.15, -0.1) is 0 Å². The minimum absolute atomic E-state index is 0.00207. The molecule has 0 saturated heterocycles. The molecule has 4 rings (SSSR count). The number of carbonyl (C=O) groups is 2. The first-order valence-electron chi connectivity index (χ1n) is 8.83. The zero-order chi connectivity index (χ0) is 20.2. The van der Waals surface area contributed by atoms with E-state index in [1.54, 1.807) is 36.7 Å². The maximum absolute atomic E-state index is 12.8. The number of aromatic nitrogens is 1. The van der Waals surface area contributed by atoms with Crippen molar-refractivity contribution in [2.24, 2.45) is 0 Å². The van der Waals surface area contributed by atoms with Crippen molar-refractivity contribution in [1.29, 1.82) is 0 Å². The number of hydrogen-bond acceptors (Lipinski definition) is 4. The number of pyridine rings is 1. The lowest BCUT2D eigenvalue weighted by atomic mass is 10.0. The van der Waals surface area contributed by atoms with Crippen molar-refractivity contribution in [2.45, 2.75) is 0 Å². The number of anilines is 1. The predicted octanol–water partition coefficient (Wildman–Crippen LogP) is 4.96. The van der Waals surface area contributed by atoms with Crippen molar-refractivity contribution in [3.05, 3.63) is 96.7 Å². The van der Waals surface area contributed by atoms with Gasteiger partial charge in [0.1, 0.15) is 0 Å². The Labute approximate surface area is 166 Å². The summed E-state index contributed by atoms with van der Waals surface area (Å²) in [6.45, 7) is 0. The number of nitrogens with zero attached hydrogens (tertiary/aromatic N) is 1. The van der Waals surface area contributed by atoms with E-state index in [1.165, 1.54) is 18.5 Å². The summed E-state index contributed by atoms with van der Waals surface area (Å²) in [6, 6.07) is 17.8. The molecular formula is C23H16N2O4. The molecule has 0 unspecified atom stereocenters. The van der Waals surface area contributed by atoms with Gasteiger partial charge in [-0.05, 0) is 35.4 Å². The van der Waals surface area contributed by atoms with Crippen molar-refractivity contribution in [1.82, 2.24) is 4.98 Å². The van der Waals surface area contributed by atoms with Crippen LogP contribution < -0.4 is 5.32 Å². The molecule has 0 atom stereocenters. The molecule has 2 N–H and O–H groups in total. The highest BCUT2D eigenvalue weighted by Gasteiger charge is 2.16. The second-order valence-corrected chi connectivity index (χ2v) is 6.36. The molecule has 0 bridgehead atoms. The summed E-state index contributed by atoms with van der Waals surface area (Å²) in [5.41, 5.74) is 3.77. The highest BCUT2D eigenvalue weighted by atomic mass is 16.4. The van der Waals surface area contributed by atoms with Crippen LogP contribution in [0.15, 0.2) is 90.0 Å². The molecule has 1 amide bonds. The Balaban J connectivity index is 1.66. The van der Waals surface area contributed by atoms with E-state index in [-0.39, 0.29) is 11.3 Å². The number of furan rings is 1. The maximum Gasteiger partial charge on any atom is 0.337 e. The van der Waals surface area contributed by atoms with E-state index in [2.05, 4.69) is 10.3 Å². The fourth-order valence-electron chi connectivity index (χ4n) is 2.99. The van der Waals surface area contributed by atoms with Crippen molar-refractivity contribution in [3.8, 4) is 22.3 Å². The third-order valence-electron chi connectivity index (χ3n) is 4.46. The molecule has 2 aromatic carbocycles. The third-order valence-corrected chi connectivity index (χ3v) is 4.46. The molecule has 0 spiro atoms. The minimum Gasteiger partial charge on any atom is -0.478 e. The smallest absolute Gasteiger partial charge is 0.337 e. The first kappa shape index (κ1) is 18.2. The van der Waals surface area contributed by atoms with Gasteiger partial charge in [0.15, 0.2) is 0 Å². The van der Waals surface area contributed by atoms with Gasteiger partial charge in [-0.25, -0.2) is 4.79 Å². The Morgan fingerprint density at radius 2 is 1.69 bits per heavy atom. The van der Waals surface area contributed by atoms with Crippen LogP contribution in [0.1, 0.15) is 20.7 Å². The Morgan fingerprint density at radius 1 is 0.862 bits per heavy atom. The van der Waals surface area contributed by atoms with E-state index in [4.69, 9.17) is 4.42 Å². The summed E-state index contributed by atoms with van der Waals surface area (Å²) in [5, 5.41) is 12.2. The van der Waals surface area contributed by atoms with Gasteiger partial charge in [0, 0.05) is 23.5 Å². The number of carboxylic acid groups (broad SMARTS) is 1. The van der Waals surface area contributed by atoms with Crippen LogP contribution in [0.3, 0.4) is 0 Å². The standard InChI is InChI=1S/C23H16N2O4/c26-22(19-10-18(12-24-13-19)15-4-2-1-3-5-15)25-21-11-16(17-8-9-29-14-17)6-7-20(21)23(27)28/h1-14H,(H,25,26)(H,27,28). The number of carbonyl (C=O) groups excluding carboxylic acids is 1. The molecule has 4 aromatic rings. The normalized spacial score (nSPS) is 10.5. The molecule has 2 aromatic heterocycles. The Morgan fingerprint density at radius 3 is 2.41 bits per heavy atom. The predicted molar refractivity (Wildman–Crippen MR) is 109 cm³/mol. The lowest BCUT2D eigenvalue weighted by molar-refractivity contribution is 0.0698. The third kappa shape index (κ3) is 3.91. The van der Waals surface area contributed by atoms with Crippen LogP contribution in [-0.4, -0.2) is 22.0 Å². The molecule has 6 nitrogen and oxygen atoms in total. The Kier molecular flexibility index (Phi) is 4.90. The second-order valence-electron chi connectivity index (χ2n) is 6.36. The first-order valence-corrected chi connectivity index (χ1v) is 8.83. The van der Waals surface area contributed by atoms with E-state index in [0.29, 0.717) is 5.56 Å². The lowest BCUT2D eigenvalue weighted by Gasteiger charge is -2.11.